The van der Waals surface area contributed by atoms with Crippen molar-refractivity contribution in [1.29, 1.82) is 0 Å². The van der Waals surface area contributed by atoms with Crippen molar-refractivity contribution in [3.63, 3.8) is 0 Å². The van der Waals surface area contributed by atoms with E-state index in [9.17, 15) is 9.90 Å². The van der Waals surface area contributed by atoms with Gasteiger partial charge in [-0.1, -0.05) is 42.5 Å². The third-order valence-corrected chi connectivity index (χ3v) is 4.42. The van der Waals surface area contributed by atoms with Crippen LogP contribution in [0.15, 0.2) is 53.3 Å². The van der Waals surface area contributed by atoms with Crippen LogP contribution in [0.5, 0.6) is 0 Å². The van der Waals surface area contributed by atoms with Crippen molar-refractivity contribution in [1.82, 2.24) is 0 Å². The lowest BCUT2D eigenvalue weighted by Gasteiger charge is -2.20. The fraction of sp³-hybridized carbons (Fsp3) is 0.0833. The number of carboxylic acids is 1. The van der Waals surface area contributed by atoms with E-state index in [1.807, 2.05) is 53.3 Å². The molecule has 0 amide bonds. The van der Waals surface area contributed by atoms with Crippen molar-refractivity contribution in [2.75, 3.05) is 0 Å². The second-order valence-electron chi connectivity index (χ2n) is 3.28. The summed E-state index contributed by atoms with van der Waals surface area (Å²) in [5.41, 5.74) is 0.882. The molecule has 0 fully saturated rings. The van der Waals surface area contributed by atoms with Gasteiger partial charge in [-0.15, -0.1) is 0 Å². The molecular formula is C12H12O2S. The summed E-state index contributed by atoms with van der Waals surface area (Å²) >= 11 is 0. The second kappa shape index (κ2) is 4.36. The van der Waals surface area contributed by atoms with E-state index in [1.165, 1.54) is 0 Å². The highest BCUT2D eigenvalue weighted by atomic mass is 32.2. The van der Waals surface area contributed by atoms with Crippen molar-refractivity contribution in [2.24, 2.45) is 0 Å². The maximum absolute atomic E-state index is 11.2. The molecule has 1 aliphatic heterocycles. The van der Waals surface area contributed by atoms with Gasteiger partial charge in [0.2, 0.25) is 0 Å². The van der Waals surface area contributed by atoms with Gasteiger partial charge < -0.3 is 5.11 Å². The van der Waals surface area contributed by atoms with Crippen LogP contribution in [-0.2, 0) is 4.79 Å². The largest absolute Gasteiger partial charge is 0.480 e. The normalized spacial score (nSPS) is 18.0. The summed E-state index contributed by atoms with van der Waals surface area (Å²) in [7, 11) is -0.685. The predicted molar refractivity (Wildman–Crippen MR) is 64.1 cm³/mol. The number of carbonyl (C=O) groups is 1. The van der Waals surface area contributed by atoms with Gasteiger partial charge >= 0.3 is 5.97 Å². The van der Waals surface area contributed by atoms with Gasteiger partial charge in [-0.25, -0.2) is 0 Å². The number of hydrogen-bond acceptors (Lipinski definition) is 1. The Hall–Kier alpha value is -1.48. The Balaban J connectivity index is 2.32. The standard InChI is InChI=1S/C12H12O2S/c13-12(14)11(15-8-4-5-9-15)10-6-2-1-3-7-10/h1-9,11,15H,(H,13,14). The molecule has 15 heavy (non-hydrogen) atoms. The molecule has 2 rings (SSSR count). The van der Waals surface area contributed by atoms with E-state index in [2.05, 4.69) is 0 Å². The first-order valence-corrected chi connectivity index (χ1v) is 6.24. The average molecular weight is 220 g/mol. The van der Waals surface area contributed by atoms with Gasteiger partial charge in [0.1, 0.15) is 5.25 Å². The molecule has 1 unspecified atom stereocenters. The number of hydrogen-bond donors (Lipinski definition) is 2. The SMILES string of the molecule is O=C(O)C(c1ccccc1)[SH]1C=CC=C1. The summed E-state index contributed by atoms with van der Waals surface area (Å²) in [6.07, 6.45) is 3.84. The summed E-state index contributed by atoms with van der Waals surface area (Å²) in [6, 6.07) is 9.41. The van der Waals surface area contributed by atoms with Crippen molar-refractivity contribution in [2.45, 2.75) is 5.25 Å². The molecule has 2 nitrogen and oxygen atoms in total. The van der Waals surface area contributed by atoms with E-state index < -0.39 is 22.1 Å². The lowest BCUT2D eigenvalue weighted by molar-refractivity contribution is -0.136. The van der Waals surface area contributed by atoms with Crippen LogP contribution in [0.3, 0.4) is 0 Å². The highest BCUT2D eigenvalue weighted by Crippen LogP contribution is 2.47. The van der Waals surface area contributed by atoms with Crippen molar-refractivity contribution >= 4 is 16.9 Å². The van der Waals surface area contributed by atoms with Crippen LogP contribution in [0.2, 0.25) is 0 Å². The molecule has 0 bridgehead atoms. The summed E-state index contributed by atoms with van der Waals surface area (Å²) in [6.45, 7) is 0. The van der Waals surface area contributed by atoms with Crippen LogP contribution in [0, 0.1) is 0 Å². The first kappa shape index (κ1) is 10.1. The van der Waals surface area contributed by atoms with Gasteiger partial charge in [0.05, 0.1) is 0 Å². The number of benzene rings is 1. The highest BCUT2D eigenvalue weighted by Gasteiger charge is 2.24. The van der Waals surface area contributed by atoms with Crippen LogP contribution >= 0.6 is 10.9 Å². The first-order valence-electron chi connectivity index (χ1n) is 4.69. The molecule has 0 aliphatic carbocycles. The van der Waals surface area contributed by atoms with Crippen molar-refractivity contribution in [3.8, 4) is 0 Å². The third-order valence-electron chi connectivity index (χ3n) is 2.27. The first-order chi connectivity index (χ1) is 7.29. The second-order valence-corrected chi connectivity index (χ2v) is 5.29. The molecule has 0 radical (unpaired) electrons. The molecule has 1 aromatic rings. The van der Waals surface area contributed by atoms with Crippen molar-refractivity contribution < 1.29 is 9.90 Å². The van der Waals surface area contributed by atoms with Gasteiger partial charge in [0.25, 0.3) is 0 Å². The van der Waals surface area contributed by atoms with E-state index >= 15 is 0 Å². The molecule has 3 heteroatoms. The minimum Gasteiger partial charge on any atom is -0.480 e. The maximum Gasteiger partial charge on any atom is 0.320 e. The Kier molecular flexibility index (Phi) is 2.92. The topological polar surface area (TPSA) is 37.3 Å². The van der Waals surface area contributed by atoms with Gasteiger partial charge in [-0.2, -0.15) is 10.9 Å². The zero-order valence-corrected chi connectivity index (χ0v) is 8.97. The average Bonchev–Trinajstić information content (AvgIpc) is 2.72. The van der Waals surface area contributed by atoms with Crippen LogP contribution < -0.4 is 0 Å². The number of aliphatic carboxylic acids is 1. The Morgan fingerprint density at radius 2 is 1.73 bits per heavy atom. The van der Waals surface area contributed by atoms with Crippen LogP contribution in [0.1, 0.15) is 10.8 Å². The molecule has 1 aliphatic rings. The Morgan fingerprint density at radius 1 is 1.13 bits per heavy atom. The van der Waals surface area contributed by atoms with E-state index in [1.54, 1.807) is 0 Å². The highest BCUT2D eigenvalue weighted by molar-refractivity contribution is 8.23. The fourth-order valence-electron chi connectivity index (χ4n) is 1.60. The van der Waals surface area contributed by atoms with Gasteiger partial charge in [0.15, 0.2) is 0 Å². The molecule has 0 saturated heterocycles. The van der Waals surface area contributed by atoms with Gasteiger partial charge in [0, 0.05) is 0 Å². The smallest absolute Gasteiger partial charge is 0.320 e. The maximum atomic E-state index is 11.2. The number of thiol groups is 1. The van der Waals surface area contributed by atoms with Crippen LogP contribution in [0.4, 0.5) is 0 Å². The number of carboxylic acid groups (broad SMARTS) is 1. The van der Waals surface area contributed by atoms with E-state index in [0.717, 1.165) is 5.56 Å². The number of rotatable bonds is 3. The third kappa shape index (κ3) is 2.13. The quantitative estimate of drug-likeness (QED) is 0.769. The molecular weight excluding hydrogens is 208 g/mol. The molecule has 1 N–H and O–H groups in total. The van der Waals surface area contributed by atoms with E-state index in [0.29, 0.717) is 0 Å². The fourth-order valence-corrected chi connectivity index (χ4v) is 3.41. The van der Waals surface area contributed by atoms with Crippen LogP contribution in [0.25, 0.3) is 0 Å². The summed E-state index contributed by atoms with van der Waals surface area (Å²) in [5, 5.41) is 12.8. The number of allylic oxidation sites excluding steroid dienone is 2. The predicted octanol–water partition coefficient (Wildman–Crippen LogP) is 2.85. The molecule has 0 saturated carbocycles. The Labute approximate surface area is 91.3 Å². The zero-order chi connectivity index (χ0) is 10.7. The lowest BCUT2D eigenvalue weighted by Crippen LogP contribution is -2.09. The molecule has 1 aromatic carbocycles. The van der Waals surface area contributed by atoms with E-state index in [-0.39, 0.29) is 0 Å². The monoisotopic (exact) mass is 220 g/mol. The molecule has 0 spiro atoms. The van der Waals surface area contributed by atoms with Crippen LogP contribution in [-0.4, -0.2) is 11.1 Å². The molecule has 1 atom stereocenters. The lowest BCUT2D eigenvalue weighted by atomic mass is 10.1. The zero-order valence-electron chi connectivity index (χ0n) is 8.08. The molecule has 78 valence electrons. The summed E-state index contributed by atoms with van der Waals surface area (Å²) in [5.74, 6) is -0.747. The minimum atomic E-state index is -0.747. The summed E-state index contributed by atoms with van der Waals surface area (Å²) in [4.78, 5) is 11.2. The van der Waals surface area contributed by atoms with Crippen molar-refractivity contribution in [3.05, 3.63) is 58.9 Å². The minimum absolute atomic E-state index is 0.406. The Morgan fingerprint density at radius 3 is 2.27 bits per heavy atom. The summed E-state index contributed by atoms with van der Waals surface area (Å²) < 4.78 is 0. The molecule has 0 aromatic heterocycles. The van der Waals surface area contributed by atoms with Gasteiger partial charge in [-0.05, 0) is 16.4 Å². The Bertz CT molecular complexity index is 397. The van der Waals surface area contributed by atoms with E-state index in [4.69, 9.17) is 0 Å². The van der Waals surface area contributed by atoms with Gasteiger partial charge in [-0.3, -0.25) is 4.79 Å². The molecule has 1 heterocycles.